The van der Waals surface area contributed by atoms with Crippen LogP contribution in [0.3, 0.4) is 0 Å². The quantitative estimate of drug-likeness (QED) is 0.496. The number of terminal acetylenes is 1. The standard InChI is InChI=1S/C7H8N2/c1-2-3-4-7-5-6-8-9-7/h1,5-7H,3-4H2. The van der Waals surface area contributed by atoms with Gasteiger partial charge in [-0.15, -0.1) is 12.3 Å². The van der Waals surface area contributed by atoms with Crippen LogP contribution in [0, 0.1) is 12.3 Å². The highest BCUT2D eigenvalue weighted by Crippen LogP contribution is 2.08. The molecule has 1 heterocycles. The fourth-order valence-electron chi connectivity index (χ4n) is 0.686. The van der Waals surface area contributed by atoms with Crippen LogP contribution in [0.1, 0.15) is 12.8 Å². The second-order valence-electron chi connectivity index (χ2n) is 1.88. The minimum Gasteiger partial charge on any atom is -0.182 e. The van der Waals surface area contributed by atoms with Crippen LogP contribution in [0.4, 0.5) is 0 Å². The highest BCUT2D eigenvalue weighted by atomic mass is 15.1. The Bertz CT molecular complexity index is 162. The van der Waals surface area contributed by atoms with E-state index in [2.05, 4.69) is 16.1 Å². The first-order chi connectivity index (χ1) is 4.43. The van der Waals surface area contributed by atoms with Gasteiger partial charge in [0.25, 0.3) is 0 Å². The lowest BCUT2D eigenvalue weighted by Gasteiger charge is -1.95. The predicted octanol–water partition coefficient (Wildman–Crippen LogP) is 1.75. The zero-order valence-electron chi connectivity index (χ0n) is 5.12. The van der Waals surface area contributed by atoms with Crippen LogP contribution < -0.4 is 0 Å². The lowest BCUT2D eigenvalue weighted by atomic mass is 10.2. The Kier molecular flexibility index (Phi) is 2.03. The van der Waals surface area contributed by atoms with Crippen molar-refractivity contribution in [3.05, 3.63) is 12.3 Å². The van der Waals surface area contributed by atoms with Crippen LogP contribution in [0.5, 0.6) is 0 Å². The molecule has 0 radical (unpaired) electrons. The summed E-state index contributed by atoms with van der Waals surface area (Å²) in [6, 6.07) is 0.251. The topological polar surface area (TPSA) is 24.7 Å². The molecule has 1 rings (SSSR count). The van der Waals surface area contributed by atoms with Crippen LogP contribution in [0.15, 0.2) is 22.5 Å². The molecule has 0 saturated heterocycles. The number of hydrogen-bond donors (Lipinski definition) is 0. The lowest BCUT2D eigenvalue weighted by molar-refractivity contribution is 0.732. The van der Waals surface area contributed by atoms with Crippen LogP contribution in [-0.2, 0) is 0 Å². The van der Waals surface area contributed by atoms with Crippen LogP contribution in [-0.4, -0.2) is 6.04 Å². The monoisotopic (exact) mass is 120 g/mol. The molecule has 0 aromatic rings. The molecule has 0 N–H and O–H groups in total. The Hall–Kier alpha value is -1.10. The number of nitrogens with zero attached hydrogens (tertiary/aromatic N) is 2. The maximum Gasteiger partial charge on any atom is 0.0920 e. The maximum absolute atomic E-state index is 5.06. The summed E-state index contributed by atoms with van der Waals surface area (Å²) < 4.78 is 0. The molecule has 0 fully saturated rings. The second-order valence-corrected chi connectivity index (χ2v) is 1.88. The Labute approximate surface area is 54.7 Å². The van der Waals surface area contributed by atoms with Gasteiger partial charge in [0.05, 0.1) is 6.04 Å². The molecule has 2 nitrogen and oxygen atoms in total. The zero-order chi connectivity index (χ0) is 6.53. The van der Waals surface area contributed by atoms with Gasteiger partial charge in [-0.05, 0) is 12.5 Å². The summed E-state index contributed by atoms with van der Waals surface area (Å²) in [5.41, 5.74) is 0. The van der Waals surface area contributed by atoms with Crippen molar-refractivity contribution in [2.75, 3.05) is 0 Å². The molecule has 0 aromatic carbocycles. The summed E-state index contributed by atoms with van der Waals surface area (Å²) in [5.74, 6) is 2.56. The van der Waals surface area contributed by atoms with Crippen molar-refractivity contribution in [1.29, 1.82) is 0 Å². The molecule has 9 heavy (non-hydrogen) atoms. The van der Waals surface area contributed by atoms with E-state index in [0.717, 1.165) is 12.8 Å². The highest BCUT2D eigenvalue weighted by Gasteiger charge is 2.03. The fraction of sp³-hybridized carbons (Fsp3) is 0.429. The summed E-state index contributed by atoms with van der Waals surface area (Å²) in [7, 11) is 0. The number of azo groups is 1. The Morgan fingerprint density at radius 3 is 3.11 bits per heavy atom. The van der Waals surface area contributed by atoms with Gasteiger partial charge in [-0.3, -0.25) is 0 Å². The molecule has 0 saturated carbocycles. The predicted molar refractivity (Wildman–Crippen MR) is 35.9 cm³/mol. The lowest BCUT2D eigenvalue weighted by Crippen LogP contribution is -1.94. The van der Waals surface area contributed by atoms with E-state index in [4.69, 9.17) is 6.42 Å². The van der Waals surface area contributed by atoms with Gasteiger partial charge in [0.1, 0.15) is 0 Å². The summed E-state index contributed by atoms with van der Waals surface area (Å²) in [5, 5.41) is 7.59. The van der Waals surface area contributed by atoms with E-state index >= 15 is 0 Å². The molecule has 1 aliphatic rings. The first-order valence-corrected chi connectivity index (χ1v) is 2.93. The molecule has 0 aliphatic carbocycles. The molecule has 2 heteroatoms. The van der Waals surface area contributed by atoms with Crippen molar-refractivity contribution in [3.8, 4) is 12.3 Å². The molecule has 0 aromatic heterocycles. The molecular weight excluding hydrogens is 112 g/mol. The molecule has 1 unspecified atom stereocenters. The average molecular weight is 120 g/mol. The van der Waals surface area contributed by atoms with Crippen molar-refractivity contribution in [3.63, 3.8) is 0 Å². The van der Waals surface area contributed by atoms with Crippen molar-refractivity contribution < 1.29 is 0 Å². The van der Waals surface area contributed by atoms with E-state index in [9.17, 15) is 0 Å². The third kappa shape index (κ3) is 1.69. The molecule has 1 aliphatic heterocycles. The van der Waals surface area contributed by atoms with Crippen molar-refractivity contribution in [1.82, 2.24) is 0 Å². The molecular formula is C7H8N2. The Balaban J connectivity index is 2.23. The van der Waals surface area contributed by atoms with Crippen molar-refractivity contribution in [2.45, 2.75) is 18.9 Å². The van der Waals surface area contributed by atoms with E-state index in [1.54, 1.807) is 6.20 Å². The van der Waals surface area contributed by atoms with E-state index in [1.165, 1.54) is 0 Å². The summed E-state index contributed by atoms with van der Waals surface area (Å²) in [4.78, 5) is 0. The molecule has 0 amide bonds. The SMILES string of the molecule is C#CCCC1C=CN=N1. The molecule has 0 bridgehead atoms. The summed E-state index contributed by atoms with van der Waals surface area (Å²) in [6.45, 7) is 0. The normalized spacial score (nSPS) is 22.3. The summed E-state index contributed by atoms with van der Waals surface area (Å²) >= 11 is 0. The Morgan fingerprint density at radius 1 is 1.67 bits per heavy atom. The smallest absolute Gasteiger partial charge is 0.0920 e. The first kappa shape index (κ1) is 6.03. The van der Waals surface area contributed by atoms with Gasteiger partial charge >= 0.3 is 0 Å². The van der Waals surface area contributed by atoms with Gasteiger partial charge in [0.15, 0.2) is 0 Å². The largest absolute Gasteiger partial charge is 0.182 e. The van der Waals surface area contributed by atoms with E-state index < -0.39 is 0 Å². The molecule has 0 spiro atoms. The van der Waals surface area contributed by atoms with Gasteiger partial charge in [-0.2, -0.15) is 10.2 Å². The van der Waals surface area contributed by atoms with Crippen molar-refractivity contribution >= 4 is 0 Å². The van der Waals surface area contributed by atoms with Gasteiger partial charge in [-0.25, -0.2) is 0 Å². The number of rotatable bonds is 2. The molecule has 1 atom stereocenters. The minimum atomic E-state index is 0.251. The first-order valence-electron chi connectivity index (χ1n) is 2.93. The van der Waals surface area contributed by atoms with Crippen LogP contribution >= 0.6 is 0 Å². The summed E-state index contributed by atoms with van der Waals surface area (Å²) in [6.07, 6.45) is 10.4. The van der Waals surface area contributed by atoms with Gasteiger partial charge < -0.3 is 0 Å². The van der Waals surface area contributed by atoms with E-state index in [-0.39, 0.29) is 6.04 Å². The molecule has 46 valence electrons. The van der Waals surface area contributed by atoms with Gasteiger partial charge in [0, 0.05) is 12.6 Å². The zero-order valence-corrected chi connectivity index (χ0v) is 5.12. The van der Waals surface area contributed by atoms with Crippen LogP contribution in [0.2, 0.25) is 0 Å². The van der Waals surface area contributed by atoms with E-state index in [1.807, 2.05) is 6.08 Å². The van der Waals surface area contributed by atoms with Gasteiger partial charge in [-0.1, -0.05) is 0 Å². The highest BCUT2D eigenvalue weighted by molar-refractivity contribution is 4.98. The fourth-order valence-corrected chi connectivity index (χ4v) is 0.686. The average Bonchev–Trinajstić information content (AvgIpc) is 2.34. The maximum atomic E-state index is 5.06. The third-order valence-corrected chi connectivity index (χ3v) is 1.17. The third-order valence-electron chi connectivity index (χ3n) is 1.17. The van der Waals surface area contributed by atoms with Crippen molar-refractivity contribution in [2.24, 2.45) is 10.2 Å². The second kappa shape index (κ2) is 3.03. The van der Waals surface area contributed by atoms with E-state index in [0.29, 0.717) is 0 Å². The number of hydrogen-bond acceptors (Lipinski definition) is 2. The van der Waals surface area contributed by atoms with Crippen LogP contribution in [0.25, 0.3) is 0 Å². The Morgan fingerprint density at radius 2 is 2.56 bits per heavy atom. The van der Waals surface area contributed by atoms with Gasteiger partial charge in [0.2, 0.25) is 0 Å². The minimum absolute atomic E-state index is 0.251.